The van der Waals surface area contributed by atoms with Gasteiger partial charge in [-0.2, -0.15) is 0 Å². The van der Waals surface area contributed by atoms with Crippen LogP contribution in [0.1, 0.15) is 32.6 Å². The quantitative estimate of drug-likeness (QED) is 0.196. The van der Waals surface area contributed by atoms with Crippen molar-refractivity contribution >= 4 is 0 Å². The van der Waals surface area contributed by atoms with Gasteiger partial charge >= 0.3 is 29.6 Å². The molecule has 0 amide bonds. The van der Waals surface area contributed by atoms with Gasteiger partial charge in [-0.1, -0.05) is 19.8 Å². The minimum absolute atomic E-state index is 0. The molecule has 0 nitrogen and oxygen atoms in total. The van der Waals surface area contributed by atoms with Gasteiger partial charge in [0.25, 0.3) is 0 Å². The Labute approximate surface area is 74.3 Å². The zero-order valence-corrected chi connectivity index (χ0v) is 7.83. The summed E-state index contributed by atoms with van der Waals surface area (Å²) in [6.45, 7) is 2.16. The van der Waals surface area contributed by atoms with Crippen LogP contribution < -0.4 is 29.6 Å². The largest absolute Gasteiger partial charge is 1.00 e. The van der Waals surface area contributed by atoms with Crippen molar-refractivity contribution in [3.63, 3.8) is 0 Å². The van der Waals surface area contributed by atoms with Crippen molar-refractivity contribution in [1.29, 1.82) is 0 Å². The minimum atomic E-state index is 0. The van der Waals surface area contributed by atoms with Crippen LogP contribution in [-0.2, 0) is 0 Å². The predicted molar refractivity (Wildman–Crippen MR) is 31.3 cm³/mol. The molecule has 0 spiro atoms. The number of rotatable bonds is 3. The fourth-order valence-electron chi connectivity index (χ4n) is 0.463. The van der Waals surface area contributed by atoms with Crippen molar-refractivity contribution in [2.45, 2.75) is 32.6 Å². The summed E-state index contributed by atoms with van der Waals surface area (Å²) in [5.74, 6) is 2.35. The van der Waals surface area contributed by atoms with Gasteiger partial charge in [-0.15, -0.1) is 0 Å². The Morgan fingerprint density at radius 2 is 2.00 bits per heavy atom. The molecule has 0 bridgehead atoms. The number of hydrogen-bond acceptors (Lipinski definition) is 0. The average molecular weight is 118 g/mol. The molecular weight excluding hydrogens is 107 g/mol. The van der Waals surface area contributed by atoms with Gasteiger partial charge in [0.1, 0.15) is 0 Å². The van der Waals surface area contributed by atoms with Crippen molar-refractivity contribution in [3.8, 4) is 5.92 Å². The Hall–Kier alpha value is 0.560. The third-order valence-corrected chi connectivity index (χ3v) is 0.905. The molecule has 0 aliphatic carbocycles. The van der Waals surface area contributed by atoms with Gasteiger partial charge in [0.05, 0.1) is 0 Å². The molecule has 0 aromatic heterocycles. The molecule has 0 aromatic carbocycles. The van der Waals surface area contributed by atoms with Crippen LogP contribution in [0.15, 0.2) is 0 Å². The second kappa shape index (κ2) is 10.5. The fraction of sp³-hybridized carbons (Fsp3) is 0.714. The third-order valence-electron chi connectivity index (χ3n) is 0.905. The van der Waals surface area contributed by atoms with E-state index in [4.69, 9.17) is 6.42 Å². The first-order valence-corrected chi connectivity index (χ1v) is 2.81. The Morgan fingerprint density at radius 3 is 2.38 bits per heavy atom. The molecule has 0 heterocycles. The number of hydrogen-bond donors (Lipinski definition) is 0. The van der Waals surface area contributed by atoms with E-state index in [1.165, 1.54) is 12.8 Å². The van der Waals surface area contributed by atoms with Crippen molar-refractivity contribution in [3.05, 3.63) is 6.42 Å². The number of unbranched alkanes of at least 4 members (excludes halogenated alkanes) is 3. The average Bonchev–Trinajstić information content (AvgIpc) is 1.69. The normalized spacial score (nSPS) is 7.00. The zero-order valence-electron chi connectivity index (χ0n) is 5.83. The van der Waals surface area contributed by atoms with Crippen LogP contribution in [-0.4, -0.2) is 0 Å². The van der Waals surface area contributed by atoms with E-state index in [2.05, 4.69) is 12.8 Å². The summed E-state index contributed by atoms with van der Waals surface area (Å²) in [5.41, 5.74) is 0. The maximum Gasteiger partial charge on any atom is 1.00 e. The predicted octanol–water partition coefficient (Wildman–Crippen LogP) is -0.840. The zero-order chi connectivity index (χ0) is 5.54. The van der Waals surface area contributed by atoms with Gasteiger partial charge in [-0.25, -0.2) is 0 Å². The molecule has 0 rings (SSSR count). The molecule has 0 aliphatic rings. The van der Waals surface area contributed by atoms with Gasteiger partial charge in [0.2, 0.25) is 0 Å². The molecule has 0 saturated carbocycles. The third kappa shape index (κ3) is 9.75. The molecule has 0 atom stereocenters. The second-order valence-corrected chi connectivity index (χ2v) is 1.63. The van der Waals surface area contributed by atoms with E-state index >= 15 is 0 Å². The van der Waals surface area contributed by atoms with Gasteiger partial charge in [0, 0.05) is 0 Å². The topological polar surface area (TPSA) is 0 Å². The molecule has 40 valence electrons. The van der Waals surface area contributed by atoms with Crippen molar-refractivity contribution < 1.29 is 29.6 Å². The van der Waals surface area contributed by atoms with E-state index in [-0.39, 0.29) is 29.6 Å². The van der Waals surface area contributed by atoms with Crippen molar-refractivity contribution in [2.24, 2.45) is 0 Å². The minimum Gasteiger partial charge on any atom is -0.694 e. The van der Waals surface area contributed by atoms with Crippen LogP contribution in [0.4, 0.5) is 0 Å². The Kier molecular flexibility index (Phi) is 15.0. The molecule has 1 heteroatoms. The summed E-state index contributed by atoms with van der Waals surface area (Å²) in [7, 11) is 0. The Bertz CT molecular complexity index is 61.3. The van der Waals surface area contributed by atoms with Gasteiger partial charge in [-0.05, 0) is 12.8 Å². The van der Waals surface area contributed by atoms with Crippen LogP contribution in [0.2, 0.25) is 0 Å². The van der Waals surface area contributed by atoms with Gasteiger partial charge in [0.15, 0.2) is 0 Å². The van der Waals surface area contributed by atoms with E-state index in [1.54, 1.807) is 0 Å². The van der Waals surface area contributed by atoms with E-state index in [1.807, 2.05) is 0 Å². The molecule has 0 N–H and O–H groups in total. The summed E-state index contributed by atoms with van der Waals surface area (Å²) in [6, 6.07) is 0. The standard InChI is InChI=1S/C7H11.Na/c1-3-5-7-6-4-2;/h3,5-7H2,1H3;/q-1;+1. The van der Waals surface area contributed by atoms with Crippen LogP contribution >= 0.6 is 0 Å². The van der Waals surface area contributed by atoms with Gasteiger partial charge in [-0.3, -0.25) is 0 Å². The first-order chi connectivity index (χ1) is 3.41. The summed E-state index contributed by atoms with van der Waals surface area (Å²) in [5, 5.41) is 0. The smallest absolute Gasteiger partial charge is 0.694 e. The summed E-state index contributed by atoms with van der Waals surface area (Å²) in [6.07, 6.45) is 11.0. The molecule has 8 heavy (non-hydrogen) atoms. The van der Waals surface area contributed by atoms with E-state index < -0.39 is 0 Å². The maximum absolute atomic E-state index is 6.53. The van der Waals surface area contributed by atoms with Crippen LogP contribution in [0.5, 0.6) is 0 Å². The fourth-order valence-corrected chi connectivity index (χ4v) is 0.463. The molecule has 0 aliphatic heterocycles. The molecule has 0 radical (unpaired) electrons. The Balaban J connectivity index is 0. The van der Waals surface area contributed by atoms with E-state index in [0.29, 0.717) is 0 Å². The van der Waals surface area contributed by atoms with Crippen molar-refractivity contribution in [2.75, 3.05) is 0 Å². The maximum atomic E-state index is 6.53. The first-order valence-electron chi connectivity index (χ1n) is 2.81. The second-order valence-electron chi connectivity index (χ2n) is 1.63. The SMILES string of the molecule is [C-]#CCCCCC.[Na+]. The molecule has 0 aromatic rings. The Morgan fingerprint density at radius 1 is 1.38 bits per heavy atom. The molecular formula is C7H11Na. The van der Waals surface area contributed by atoms with Gasteiger partial charge < -0.3 is 12.3 Å². The summed E-state index contributed by atoms with van der Waals surface area (Å²) >= 11 is 0. The van der Waals surface area contributed by atoms with Crippen molar-refractivity contribution in [1.82, 2.24) is 0 Å². The van der Waals surface area contributed by atoms with Crippen LogP contribution in [0.25, 0.3) is 0 Å². The summed E-state index contributed by atoms with van der Waals surface area (Å²) in [4.78, 5) is 0. The van der Waals surface area contributed by atoms with Crippen LogP contribution in [0.3, 0.4) is 0 Å². The van der Waals surface area contributed by atoms with Crippen LogP contribution in [0, 0.1) is 12.3 Å². The molecule has 0 saturated heterocycles. The molecule has 0 unspecified atom stereocenters. The molecule has 0 fully saturated rings. The van der Waals surface area contributed by atoms with E-state index in [9.17, 15) is 0 Å². The first kappa shape index (κ1) is 11.4. The monoisotopic (exact) mass is 118 g/mol. The van der Waals surface area contributed by atoms with E-state index in [0.717, 1.165) is 12.8 Å². The summed E-state index contributed by atoms with van der Waals surface area (Å²) < 4.78 is 0.